The van der Waals surface area contributed by atoms with E-state index in [-0.39, 0.29) is 24.8 Å². The van der Waals surface area contributed by atoms with E-state index in [1.54, 1.807) is 48.8 Å². The van der Waals surface area contributed by atoms with Crippen LogP contribution in [0.1, 0.15) is 47.0 Å². The summed E-state index contributed by atoms with van der Waals surface area (Å²) >= 11 is 0. The summed E-state index contributed by atoms with van der Waals surface area (Å²) in [4.78, 5) is 23.7. The lowest BCUT2D eigenvalue weighted by Gasteiger charge is -2.04. The lowest BCUT2D eigenvalue weighted by Crippen LogP contribution is -2.26. The molecule has 4 rings (SSSR count). The Labute approximate surface area is 204 Å². The topological polar surface area (TPSA) is 120 Å². The van der Waals surface area contributed by atoms with E-state index in [0.29, 0.717) is 22.6 Å². The number of aromatic nitrogens is 4. The third-order valence-corrected chi connectivity index (χ3v) is 4.97. The number of hydrogen-bond donors (Lipinski definition) is 4. The highest BCUT2D eigenvalue weighted by Gasteiger charge is 2.06. The Morgan fingerprint density at radius 3 is 2.63 bits per heavy atom. The van der Waals surface area contributed by atoms with Crippen molar-refractivity contribution in [3.8, 4) is 11.8 Å². The number of hydrogen-bond acceptors (Lipinski definition) is 5. The molecule has 0 aliphatic rings. The molecule has 1 amide bonds. The molecule has 4 N–H and O–H groups in total. The molecule has 178 valence electrons. The molecular weight excluding hydrogens is 440 g/mol. The van der Waals surface area contributed by atoms with E-state index in [1.807, 2.05) is 43.7 Å². The van der Waals surface area contributed by atoms with Gasteiger partial charge >= 0.3 is 0 Å². The summed E-state index contributed by atoms with van der Waals surface area (Å²) < 4.78 is 1.95. The van der Waals surface area contributed by atoms with Gasteiger partial charge < -0.3 is 25.4 Å². The summed E-state index contributed by atoms with van der Waals surface area (Å²) in [7, 11) is 1.93. The van der Waals surface area contributed by atoms with E-state index in [1.165, 1.54) is 0 Å². The molecule has 0 saturated heterocycles. The van der Waals surface area contributed by atoms with Gasteiger partial charge in [-0.3, -0.25) is 4.79 Å². The van der Waals surface area contributed by atoms with Crippen LogP contribution in [0, 0.1) is 17.3 Å². The van der Waals surface area contributed by atoms with Crippen LogP contribution in [-0.2, 0) is 7.05 Å². The molecule has 0 fully saturated rings. The number of imidazole rings is 1. The monoisotopic (exact) mass is 468 g/mol. The van der Waals surface area contributed by atoms with Gasteiger partial charge in [-0.2, -0.15) is 0 Å². The van der Waals surface area contributed by atoms with Crippen molar-refractivity contribution >= 4 is 28.7 Å². The fraction of sp³-hybridized carbons (Fsp3) is 0.185. The minimum Gasteiger partial charge on any atom is -0.395 e. The molecule has 8 nitrogen and oxygen atoms in total. The van der Waals surface area contributed by atoms with Gasteiger partial charge in [-0.1, -0.05) is 26.0 Å². The molecule has 0 saturated carbocycles. The Balaban J connectivity index is 0.00000167. The number of aliphatic hydroxyl groups excluding tert-OH is 1. The standard InChI is InChI=1S/C25H22N6O2.C2H6/c1-31-21(15-19-3-2-12-27-24(19)31)9-8-20-16-29-23(30-20)11-10-22(26)17-4-6-18(7-5-17)25(33)28-13-14-32;1-2/h2-7,10-12,15-16,26,32H,13-14H2,1H3,(H,28,33)(H,29,30);1-2H3/b11-10-,26-22?;. The van der Waals surface area contributed by atoms with Crippen LogP contribution in [0.25, 0.3) is 17.1 Å². The quantitative estimate of drug-likeness (QED) is 0.256. The highest BCUT2D eigenvalue weighted by atomic mass is 16.3. The van der Waals surface area contributed by atoms with Crippen LogP contribution in [0.4, 0.5) is 0 Å². The van der Waals surface area contributed by atoms with Gasteiger partial charge in [0.1, 0.15) is 17.2 Å². The number of benzene rings is 1. The predicted molar refractivity (Wildman–Crippen MR) is 138 cm³/mol. The van der Waals surface area contributed by atoms with Crippen LogP contribution < -0.4 is 5.32 Å². The van der Waals surface area contributed by atoms with E-state index in [0.717, 1.165) is 16.7 Å². The third kappa shape index (κ3) is 6.31. The lowest BCUT2D eigenvalue weighted by atomic mass is 10.1. The van der Waals surface area contributed by atoms with Crippen molar-refractivity contribution in [3.63, 3.8) is 0 Å². The Bertz CT molecular complexity index is 1400. The number of nitrogens with zero attached hydrogens (tertiary/aromatic N) is 3. The summed E-state index contributed by atoms with van der Waals surface area (Å²) in [5, 5.41) is 20.7. The number of carbonyl (C=O) groups excluding carboxylic acids is 1. The average Bonchev–Trinajstić information content (AvgIpc) is 3.49. The van der Waals surface area contributed by atoms with Crippen molar-refractivity contribution in [3.05, 3.63) is 89.3 Å². The molecular formula is C27H28N6O2. The molecule has 0 unspecified atom stereocenters. The first-order chi connectivity index (χ1) is 17.0. The van der Waals surface area contributed by atoms with Crippen LogP contribution >= 0.6 is 0 Å². The summed E-state index contributed by atoms with van der Waals surface area (Å²) in [6.45, 7) is 4.09. The maximum atomic E-state index is 11.9. The number of carbonyl (C=O) groups is 1. The normalized spacial score (nSPS) is 10.4. The van der Waals surface area contributed by atoms with Gasteiger partial charge in [0.25, 0.3) is 5.91 Å². The number of pyridine rings is 1. The van der Waals surface area contributed by atoms with E-state index < -0.39 is 0 Å². The molecule has 8 heteroatoms. The first kappa shape index (κ1) is 25.1. The Hall–Kier alpha value is -4.48. The molecule has 35 heavy (non-hydrogen) atoms. The van der Waals surface area contributed by atoms with E-state index in [9.17, 15) is 4.79 Å². The highest BCUT2D eigenvalue weighted by molar-refractivity contribution is 6.09. The number of aryl methyl sites for hydroxylation is 1. The van der Waals surface area contributed by atoms with Crippen molar-refractivity contribution < 1.29 is 9.90 Å². The summed E-state index contributed by atoms with van der Waals surface area (Å²) in [6, 6.07) is 12.6. The molecule has 3 heterocycles. The van der Waals surface area contributed by atoms with Gasteiger partial charge in [0, 0.05) is 30.7 Å². The number of rotatable bonds is 6. The summed E-state index contributed by atoms with van der Waals surface area (Å²) in [5.41, 5.74) is 3.82. The largest absolute Gasteiger partial charge is 0.395 e. The minimum atomic E-state index is -0.262. The molecule has 0 bridgehead atoms. The first-order valence-electron chi connectivity index (χ1n) is 11.3. The Morgan fingerprint density at radius 2 is 1.91 bits per heavy atom. The zero-order valence-corrected chi connectivity index (χ0v) is 20.0. The second-order valence-corrected chi connectivity index (χ2v) is 7.24. The second-order valence-electron chi connectivity index (χ2n) is 7.24. The number of fused-ring (bicyclic) bond motifs is 1. The zero-order valence-electron chi connectivity index (χ0n) is 20.0. The zero-order chi connectivity index (χ0) is 25.2. The fourth-order valence-corrected chi connectivity index (χ4v) is 3.23. The molecule has 0 aliphatic heterocycles. The number of H-pyrrole nitrogens is 1. The predicted octanol–water partition coefficient (Wildman–Crippen LogP) is 3.53. The maximum absolute atomic E-state index is 11.9. The first-order valence-corrected chi connectivity index (χ1v) is 11.3. The van der Waals surface area contributed by atoms with Gasteiger partial charge in [-0.05, 0) is 59.9 Å². The molecule has 1 aromatic carbocycles. The Morgan fingerprint density at radius 1 is 1.17 bits per heavy atom. The summed E-state index contributed by atoms with van der Waals surface area (Å²) in [5.74, 6) is 6.54. The Kier molecular flexibility index (Phi) is 8.70. The molecule has 0 atom stereocenters. The van der Waals surface area contributed by atoms with Crippen LogP contribution in [-0.4, -0.2) is 49.4 Å². The van der Waals surface area contributed by atoms with Gasteiger partial charge in [0.05, 0.1) is 24.2 Å². The van der Waals surface area contributed by atoms with Crippen molar-refractivity contribution in [1.82, 2.24) is 24.8 Å². The van der Waals surface area contributed by atoms with E-state index in [2.05, 4.69) is 32.1 Å². The van der Waals surface area contributed by atoms with Crippen LogP contribution in [0.15, 0.2) is 60.9 Å². The lowest BCUT2D eigenvalue weighted by molar-refractivity contribution is 0.0945. The van der Waals surface area contributed by atoms with Crippen molar-refractivity contribution in [2.24, 2.45) is 7.05 Å². The number of allylic oxidation sites excluding steroid dienone is 1. The third-order valence-electron chi connectivity index (χ3n) is 4.97. The number of nitrogens with one attached hydrogen (secondary N) is 3. The number of amides is 1. The van der Waals surface area contributed by atoms with Crippen LogP contribution in [0.5, 0.6) is 0 Å². The second kappa shape index (κ2) is 12.1. The van der Waals surface area contributed by atoms with E-state index in [4.69, 9.17) is 10.5 Å². The van der Waals surface area contributed by atoms with Gasteiger partial charge in [-0.15, -0.1) is 0 Å². The number of aliphatic hydroxyl groups is 1. The molecule has 0 aliphatic carbocycles. The van der Waals surface area contributed by atoms with Crippen LogP contribution in [0.3, 0.4) is 0 Å². The van der Waals surface area contributed by atoms with Crippen molar-refractivity contribution in [1.29, 1.82) is 5.41 Å². The van der Waals surface area contributed by atoms with Crippen LogP contribution in [0.2, 0.25) is 0 Å². The molecule has 0 radical (unpaired) electrons. The maximum Gasteiger partial charge on any atom is 0.251 e. The summed E-state index contributed by atoms with van der Waals surface area (Å²) in [6.07, 6.45) is 6.74. The van der Waals surface area contributed by atoms with Gasteiger partial charge in [0.2, 0.25) is 0 Å². The molecule has 3 aromatic heterocycles. The van der Waals surface area contributed by atoms with Gasteiger partial charge in [0.15, 0.2) is 0 Å². The fourth-order valence-electron chi connectivity index (χ4n) is 3.23. The highest BCUT2D eigenvalue weighted by Crippen LogP contribution is 2.15. The molecule has 4 aromatic rings. The van der Waals surface area contributed by atoms with Crippen molar-refractivity contribution in [2.45, 2.75) is 13.8 Å². The van der Waals surface area contributed by atoms with Gasteiger partial charge in [-0.25, -0.2) is 9.97 Å². The average molecular weight is 469 g/mol. The van der Waals surface area contributed by atoms with Crippen molar-refractivity contribution in [2.75, 3.05) is 13.2 Å². The SMILES string of the molecule is CC.Cn1c(C#Cc2cnc(/C=C\C(=N)c3ccc(C(=O)NCCO)cc3)[nH]2)cc2cccnc21. The van der Waals surface area contributed by atoms with E-state index >= 15 is 0 Å². The number of aromatic amines is 1. The minimum absolute atomic E-state index is 0.111. The molecule has 0 spiro atoms. The smallest absolute Gasteiger partial charge is 0.251 e.